The van der Waals surface area contributed by atoms with Crippen LogP contribution >= 0.6 is 11.8 Å². The van der Waals surface area contributed by atoms with Crippen LogP contribution in [0.2, 0.25) is 0 Å². The third-order valence-corrected chi connectivity index (χ3v) is 4.09. The second-order valence-electron chi connectivity index (χ2n) is 4.77. The molecule has 0 aromatic heterocycles. The van der Waals surface area contributed by atoms with Crippen LogP contribution in [0.15, 0.2) is 58.3 Å². The predicted octanol–water partition coefficient (Wildman–Crippen LogP) is 3.39. The lowest BCUT2D eigenvalue weighted by Gasteiger charge is -2.11. The summed E-state index contributed by atoms with van der Waals surface area (Å²) in [6.45, 7) is 1.88. The molecule has 0 saturated carbocycles. The number of benzene rings is 2. The first-order valence-corrected chi connectivity index (χ1v) is 7.78. The van der Waals surface area contributed by atoms with Crippen molar-refractivity contribution in [2.45, 2.75) is 29.2 Å². The summed E-state index contributed by atoms with van der Waals surface area (Å²) >= 11 is 1.57. The van der Waals surface area contributed by atoms with Crippen molar-refractivity contribution >= 4 is 23.4 Å². The van der Waals surface area contributed by atoms with E-state index in [1.807, 2.05) is 43.3 Å². The number of nitrogens with zero attached hydrogens (tertiary/aromatic N) is 1. The zero-order valence-corrected chi connectivity index (χ0v) is 13.1. The summed E-state index contributed by atoms with van der Waals surface area (Å²) in [4.78, 5) is 13.9. The zero-order chi connectivity index (χ0) is 15.9. The first-order chi connectivity index (χ1) is 10.6. The number of nitrogens with one attached hydrogen (secondary N) is 1. The molecule has 22 heavy (non-hydrogen) atoms. The van der Waals surface area contributed by atoms with Crippen LogP contribution in [0.4, 0.5) is 5.69 Å². The molecular weight excluding hydrogens is 294 g/mol. The highest BCUT2D eigenvalue weighted by atomic mass is 32.2. The molecule has 0 saturated heterocycles. The first-order valence-electron chi connectivity index (χ1n) is 6.97. The molecule has 0 aliphatic heterocycles. The molecule has 112 valence electrons. The molecule has 2 aromatic carbocycles. The Morgan fingerprint density at radius 2 is 2.00 bits per heavy atom. The molecule has 1 atom stereocenters. The molecule has 5 heteroatoms. The maximum absolute atomic E-state index is 11.8. The predicted molar refractivity (Wildman–Crippen MR) is 88.6 cm³/mol. The fourth-order valence-electron chi connectivity index (χ4n) is 1.79. The Hall–Kier alpha value is -2.29. The molecule has 0 fully saturated rings. The molecule has 4 nitrogen and oxygen atoms in total. The number of amides is 1. The van der Waals surface area contributed by atoms with Gasteiger partial charge in [-0.1, -0.05) is 24.8 Å². The van der Waals surface area contributed by atoms with Crippen molar-refractivity contribution < 1.29 is 4.79 Å². The minimum atomic E-state index is -0.491. The lowest BCUT2D eigenvalue weighted by molar-refractivity contribution is -0.117. The summed E-state index contributed by atoms with van der Waals surface area (Å²) in [5, 5.41) is 11.6. The highest BCUT2D eigenvalue weighted by Gasteiger charge is 2.11. The standard InChI is InChI=1S/C17H17N3OS/c1-2-16(19)17(21)20-13-4-3-5-15(10-13)22-14-8-6-12(11-18)7-9-14/h3-10,16H,2,19H2,1H3,(H,20,21). The Morgan fingerprint density at radius 1 is 1.27 bits per heavy atom. The fourth-order valence-corrected chi connectivity index (χ4v) is 2.67. The summed E-state index contributed by atoms with van der Waals surface area (Å²) in [5.41, 5.74) is 7.08. The van der Waals surface area contributed by atoms with Crippen molar-refractivity contribution in [3.05, 3.63) is 54.1 Å². The van der Waals surface area contributed by atoms with Crippen LogP contribution < -0.4 is 11.1 Å². The minimum absolute atomic E-state index is 0.178. The van der Waals surface area contributed by atoms with E-state index in [2.05, 4.69) is 11.4 Å². The number of hydrogen-bond donors (Lipinski definition) is 2. The Morgan fingerprint density at radius 3 is 2.64 bits per heavy atom. The smallest absolute Gasteiger partial charge is 0.241 e. The maximum atomic E-state index is 11.8. The highest BCUT2D eigenvalue weighted by Crippen LogP contribution is 2.29. The van der Waals surface area contributed by atoms with Gasteiger partial charge in [0.1, 0.15) is 0 Å². The largest absolute Gasteiger partial charge is 0.325 e. The van der Waals surface area contributed by atoms with Gasteiger partial charge in [0.05, 0.1) is 17.7 Å². The normalized spacial score (nSPS) is 11.5. The van der Waals surface area contributed by atoms with Gasteiger partial charge < -0.3 is 11.1 Å². The molecule has 3 N–H and O–H groups in total. The molecular formula is C17H17N3OS. The topological polar surface area (TPSA) is 78.9 Å². The van der Waals surface area contributed by atoms with E-state index in [0.717, 1.165) is 15.5 Å². The van der Waals surface area contributed by atoms with Crippen molar-refractivity contribution in [2.24, 2.45) is 5.73 Å². The van der Waals surface area contributed by atoms with E-state index in [0.29, 0.717) is 12.0 Å². The monoisotopic (exact) mass is 311 g/mol. The van der Waals surface area contributed by atoms with Crippen molar-refractivity contribution in [1.29, 1.82) is 5.26 Å². The molecule has 0 heterocycles. The molecule has 0 spiro atoms. The summed E-state index contributed by atoms with van der Waals surface area (Å²) in [6, 6.07) is 16.6. The van der Waals surface area contributed by atoms with Crippen LogP contribution in [-0.2, 0) is 4.79 Å². The Kier molecular flexibility index (Phi) is 5.59. The molecule has 0 radical (unpaired) electrons. The van der Waals surface area contributed by atoms with Gasteiger partial charge in [-0.15, -0.1) is 0 Å². The first kappa shape index (κ1) is 16.1. The SMILES string of the molecule is CCC(N)C(=O)Nc1cccc(Sc2ccc(C#N)cc2)c1. The van der Waals surface area contributed by atoms with Gasteiger partial charge in [-0.2, -0.15) is 5.26 Å². The van der Waals surface area contributed by atoms with E-state index in [1.165, 1.54) is 0 Å². The van der Waals surface area contributed by atoms with Crippen LogP contribution in [0.1, 0.15) is 18.9 Å². The number of rotatable bonds is 5. The molecule has 1 unspecified atom stereocenters. The van der Waals surface area contributed by atoms with Crippen LogP contribution in [0, 0.1) is 11.3 Å². The van der Waals surface area contributed by atoms with E-state index in [1.54, 1.807) is 23.9 Å². The third kappa shape index (κ3) is 4.35. The zero-order valence-electron chi connectivity index (χ0n) is 12.2. The summed E-state index contributed by atoms with van der Waals surface area (Å²) in [6.07, 6.45) is 0.603. The van der Waals surface area contributed by atoms with Crippen LogP contribution in [-0.4, -0.2) is 11.9 Å². The van der Waals surface area contributed by atoms with E-state index >= 15 is 0 Å². The van der Waals surface area contributed by atoms with Crippen LogP contribution in [0.5, 0.6) is 0 Å². The average molecular weight is 311 g/mol. The van der Waals surface area contributed by atoms with E-state index in [4.69, 9.17) is 11.0 Å². The lowest BCUT2D eigenvalue weighted by atomic mass is 10.2. The number of nitrogens with two attached hydrogens (primary N) is 1. The number of hydrogen-bond acceptors (Lipinski definition) is 4. The Balaban J connectivity index is 2.07. The van der Waals surface area contributed by atoms with Gasteiger partial charge in [0, 0.05) is 15.5 Å². The fraction of sp³-hybridized carbons (Fsp3) is 0.176. The molecule has 0 aliphatic carbocycles. The average Bonchev–Trinajstić information content (AvgIpc) is 2.55. The number of nitriles is 1. The third-order valence-electron chi connectivity index (χ3n) is 3.10. The van der Waals surface area contributed by atoms with Gasteiger partial charge in [0.25, 0.3) is 0 Å². The lowest BCUT2D eigenvalue weighted by Crippen LogP contribution is -2.34. The summed E-state index contributed by atoms with van der Waals surface area (Å²) < 4.78 is 0. The maximum Gasteiger partial charge on any atom is 0.241 e. The summed E-state index contributed by atoms with van der Waals surface area (Å²) in [7, 11) is 0. The van der Waals surface area contributed by atoms with Gasteiger partial charge in [0.2, 0.25) is 5.91 Å². The van der Waals surface area contributed by atoms with Gasteiger partial charge in [-0.3, -0.25) is 4.79 Å². The molecule has 1 amide bonds. The Labute approximate surface area is 134 Å². The van der Waals surface area contributed by atoms with Crippen molar-refractivity contribution in [2.75, 3.05) is 5.32 Å². The molecule has 0 aliphatic rings. The Bertz CT molecular complexity index is 692. The van der Waals surface area contributed by atoms with Crippen molar-refractivity contribution in [3.8, 4) is 6.07 Å². The van der Waals surface area contributed by atoms with Gasteiger partial charge in [-0.25, -0.2) is 0 Å². The van der Waals surface area contributed by atoms with Crippen molar-refractivity contribution in [3.63, 3.8) is 0 Å². The second-order valence-corrected chi connectivity index (χ2v) is 5.92. The van der Waals surface area contributed by atoms with E-state index < -0.39 is 6.04 Å². The van der Waals surface area contributed by atoms with Crippen molar-refractivity contribution in [1.82, 2.24) is 0 Å². The quantitative estimate of drug-likeness (QED) is 0.887. The molecule has 0 bridgehead atoms. The van der Waals surface area contributed by atoms with E-state index in [9.17, 15) is 4.79 Å². The van der Waals surface area contributed by atoms with E-state index in [-0.39, 0.29) is 5.91 Å². The van der Waals surface area contributed by atoms with Gasteiger partial charge in [0.15, 0.2) is 0 Å². The van der Waals surface area contributed by atoms with Crippen LogP contribution in [0.3, 0.4) is 0 Å². The van der Waals surface area contributed by atoms with Crippen LogP contribution in [0.25, 0.3) is 0 Å². The molecule has 2 rings (SSSR count). The highest BCUT2D eigenvalue weighted by molar-refractivity contribution is 7.99. The number of anilines is 1. The van der Waals surface area contributed by atoms with Gasteiger partial charge in [-0.05, 0) is 48.9 Å². The summed E-state index contributed by atoms with van der Waals surface area (Å²) in [5.74, 6) is -0.178. The van der Waals surface area contributed by atoms with Gasteiger partial charge >= 0.3 is 0 Å². The number of carbonyl (C=O) groups excluding carboxylic acids is 1. The number of carbonyl (C=O) groups is 1. The second kappa shape index (κ2) is 7.64. The molecule has 2 aromatic rings. The minimum Gasteiger partial charge on any atom is -0.325 e.